The van der Waals surface area contributed by atoms with Gasteiger partial charge in [-0.1, -0.05) is 35.9 Å². The Labute approximate surface area is 182 Å². The monoisotopic (exact) mass is 420 g/mol. The third kappa shape index (κ3) is 4.78. The van der Waals surface area contributed by atoms with Gasteiger partial charge >= 0.3 is 0 Å². The Hall–Kier alpha value is -2.53. The second kappa shape index (κ2) is 9.52. The van der Waals surface area contributed by atoms with E-state index in [4.69, 9.17) is 0 Å². The van der Waals surface area contributed by atoms with Crippen molar-refractivity contribution in [3.8, 4) is 0 Å². The van der Waals surface area contributed by atoms with E-state index in [-0.39, 0.29) is 11.8 Å². The van der Waals surface area contributed by atoms with Crippen LogP contribution in [0.25, 0.3) is 0 Å². The third-order valence-electron chi connectivity index (χ3n) is 5.87. The van der Waals surface area contributed by atoms with Gasteiger partial charge in [0.25, 0.3) is 5.91 Å². The molecule has 2 aromatic rings. The molecule has 0 atom stereocenters. The predicted octanol–water partition coefficient (Wildman–Crippen LogP) is 5.25. The minimum absolute atomic E-state index is 0.0759. The van der Waals surface area contributed by atoms with Crippen molar-refractivity contribution >= 4 is 29.3 Å². The second-order valence-corrected chi connectivity index (χ2v) is 9.01. The van der Waals surface area contributed by atoms with Crippen molar-refractivity contribution in [1.82, 2.24) is 5.32 Å². The summed E-state index contributed by atoms with van der Waals surface area (Å²) in [5.41, 5.74) is 5.19. The molecule has 0 saturated carbocycles. The number of carbonyl (C=O) groups excluding carboxylic acids is 2. The normalized spacial score (nSPS) is 16.1. The van der Waals surface area contributed by atoms with Crippen LogP contribution in [0.5, 0.6) is 0 Å². The van der Waals surface area contributed by atoms with Gasteiger partial charge in [0.1, 0.15) is 0 Å². The van der Waals surface area contributed by atoms with E-state index in [1.54, 1.807) is 11.8 Å². The van der Waals surface area contributed by atoms with Crippen LogP contribution in [0.15, 0.2) is 59.0 Å². The van der Waals surface area contributed by atoms with Crippen molar-refractivity contribution < 1.29 is 9.59 Å². The molecular weight excluding hydrogens is 392 g/mol. The van der Waals surface area contributed by atoms with E-state index in [2.05, 4.69) is 30.4 Å². The van der Waals surface area contributed by atoms with Gasteiger partial charge in [-0.3, -0.25) is 9.59 Å². The topological polar surface area (TPSA) is 49.4 Å². The van der Waals surface area contributed by atoms with Crippen molar-refractivity contribution in [1.29, 1.82) is 0 Å². The van der Waals surface area contributed by atoms with E-state index in [1.807, 2.05) is 35.2 Å². The number of hydrogen-bond acceptors (Lipinski definition) is 3. The van der Waals surface area contributed by atoms with Crippen molar-refractivity contribution in [2.75, 3.05) is 17.2 Å². The number of nitrogens with zero attached hydrogens (tertiary/aromatic N) is 1. The number of amides is 2. The molecule has 2 aromatic carbocycles. The fraction of sp³-hybridized carbons (Fsp3) is 0.360. The van der Waals surface area contributed by atoms with Crippen molar-refractivity contribution in [2.24, 2.45) is 0 Å². The van der Waals surface area contributed by atoms with Crippen LogP contribution in [0.1, 0.15) is 53.6 Å². The van der Waals surface area contributed by atoms with Crippen molar-refractivity contribution in [3.05, 3.63) is 70.8 Å². The Kier molecular flexibility index (Phi) is 6.58. The molecule has 0 radical (unpaired) electrons. The predicted molar refractivity (Wildman–Crippen MR) is 123 cm³/mol. The summed E-state index contributed by atoms with van der Waals surface area (Å²) in [5.74, 6) is 0.435. The van der Waals surface area contributed by atoms with Crippen LogP contribution < -0.4 is 10.2 Å². The van der Waals surface area contributed by atoms with Gasteiger partial charge in [0.05, 0.1) is 18.0 Å². The summed E-state index contributed by atoms with van der Waals surface area (Å²) in [5, 5.41) is 3.05. The van der Waals surface area contributed by atoms with Crippen LogP contribution in [-0.2, 0) is 11.3 Å². The molecular formula is C25H28N2O2S. The van der Waals surface area contributed by atoms with E-state index < -0.39 is 0 Å². The summed E-state index contributed by atoms with van der Waals surface area (Å²) in [6.45, 7) is 3.24. The molecule has 4 rings (SSSR count). The fourth-order valence-corrected chi connectivity index (χ4v) is 4.96. The van der Waals surface area contributed by atoms with Gasteiger partial charge in [0, 0.05) is 17.0 Å². The standard InChI is InChI=1S/C25H28N2O2S/c1-18-7-5-6-10-21(18)16-27-22-15-20(11-12-23(22)30-17-24(27)28)25(29)26-14-13-19-8-3-2-4-9-19/h5-8,10-12,15H,2-4,9,13-14,16-17H2,1H3,(H,26,29). The summed E-state index contributed by atoms with van der Waals surface area (Å²) >= 11 is 1.54. The molecule has 1 N–H and O–H groups in total. The lowest BCUT2D eigenvalue weighted by molar-refractivity contribution is -0.116. The number of nitrogens with one attached hydrogen (secondary N) is 1. The first-order chi connectivity index (χ1) is 14.6. The average molecular weight is 421 g/mol. The van der Waals surface area contributed by atoms with Crippen LogP contribution in [-0.4, -0.2) is 24.1 Å². The molecule has 0 aromatic heterocycles. The zero-order chi connectivity index (χ0) is 20.9. The molecule has 30 heavy (non-hydrogen) atoms. The highest BCUT2D eigenvalue weighted by molar-refractivity contribution is 8.00. The molecule has 4 nitrogen and oxygen atoms in total. The van der Waals surface area contributed by atoms with Gasteiger partial charge in [-0.25, -0.2) is 0 Å². The Balaban J connectivity index is 1.48. The molecule has 1 aliphatic heterocycles. The quantitative estimate of drug-likeness (QED) is 0.649. The summed E-state index contributed by atoms with van der Waals surface area (Å²) in [6.07, 6.45) is 8.09. The van der Waals surface area contributed by atoms with Crippen molar-refractivity contribution in [3.63, 3.8) is 0 Å². The van der Waals surface area contributed by atoms with Gasteiger partial charge < -0.3 is 10.2 Å². The maximum atomic E-state index is 12.7. The van der Waals surface area contributed by atoms with Crippen LogP contribution in [0, 0.1) is 6.92 Å². The molecule has 0 spiro atoms. The zero-order valence-electron chi connectivity index (χ0n) is 17.4. The van der Waals surface area contributed by atoms with Crippen LogP contribution in [0.4, 0.5) is 5.69 Å². The van der Waals surface area contributed by atoms with Gasteiger partial charge in [-0.05, 0) is 68.4 Å². The maximum absolute atomic E-state index is 12.7. The number of fused-ring (bicyclic) bond motifs is 1. The maximum Gasteiger partial charge on any atom is 0.251 e. The van der Waals surface area contributed by atoms with Crippen LogP contribution in [0.3, 0.4) is 0 Å². The van der Waals surface area contributed by atoms with E-state index in [0.717, 1.165) is 41.0 Å². The van der Waals surface area contributed by atoms with E-state index in [0.29, 0.717) is 24.4 Å². The SMILES string of the molecule is Cc1ccccc1CN1C(=O)CSc2ccc(C(=O)NCCC3=CCCCC3)cc21. The lowest BCUT2D eigenvalue weighted by atomic mass is 9.97. The fourth-order valence-electron chi connectivity index (χ4n) is 4.04. The minimum Gasteiger partial charge on any atom is -0.352 e. The Bertz CT molecular complexity index is 983. The third-order valence-corrected chi connectivity index (χ3v) is 6.92. The summed E-state index contributed by atoms with van der Waals surface area (Å²) < 4.78 is 0. The van der Waals surface area contributed by atoms with Crippen LogP contribution in [0.2, 0.25) is 0 Å². The number of aryl methyl sites for hydroxylation is 1. The molecule has 0 fully saturated rings. The van der Waals surface area contributed by atoms with E-state index in [9.17, 15) is 9.59 Å². The summed E-state index contributed by atoms with van der Waals surface area (Å²) in [7, 11) is 0. The molecule has 2 amide bonds. The first-order valence-corrected chi connectivity index (χ1v) is 11.7. The van der Waals surface area contributed by atoms with Gasteiger partial charge in [0.2, 0.25) is 5.91 Å². The van der Waals surface area contributed by atoms with E-state index >= 15 is 0 Å². The second-order valence-electron chi connectivity index (χ2n) is 7.99. The molecule has 0 bridgehead atoms. The molecule has 1 aliphatic carbocycles. The minimum atomic E-state index is -0.0759. The molecule has 156 valence electrons. The molecule has 2 aliphatic rings. The lowest BCUT2D eigenvalue weighted by Gasteiger charge is -2.30. The average Bonchev–Trinajstić information content (AvgIpc) is 2.77. The van der Waals surface area contributed by atoms with Gasteiger partial charge in [-0.2, -0.15) is 0 Å². The van der Waals surface area contributed by atoms with Crippen molar-refractivity contribution in [2.45, 2.75) is 50.5 Å². The highest BCUT2D eigenvalue weighted by atomic mass is 32.2. The van der Waals surface area contributed by atoms with E-state index in [1.165, 1.54) is 18.4 Å². The number of carbonyl (C=O) groups is 2. The van der Waals surface area contributed by atoms with Crippen LogP contribution >= 0.6 is 11.8 Å². The zero-order valence-corrected chi connectivity index (χ0v) is 18.3. The highest BCUT2D eigenvalue weighted by Gasteiger charge is 2.26. The number of anilines is 1. The molecule has 1 heterocycles. The first-order valence-electron chi connectivity index (χ1n) is 10.7. The number of thioether (sulfide) groups is 1. The first kappa shape index (κ1) is 20.7. The van der Waals surface area contributed by atoms with Gasteiger partial charge in [0.15, 0.2) is 0 Å². The number of benzene rings is 2. The number of hydrogen-bond donors (Lipinski definition) is 1. The largest absolute Gasteiger partial charge is 0.352 e. The molecule has 5 heteroatoms. The Morgan fingerprint density at radius 3 is 2.83 bits per heavy atom. The molecule has 0 saturated heterocycles. The number of allylic oxidation sites excluding steroid dienone is 1. The van der Waals surface area contributed by atoms with Gasteiger partial charge in [-0.15, -0.1) is 11.8 Å². The Morgan fingerprint density at radius 1 is 1.17 bits per heavy atom. The highest BCUT2D eigenvalue weighted by Crippen LogP contribution is 2.37. The lowest BCUT2D eigenvalue weighted by Crippen LogP contribution is -2.35. The molecule has 0 unspecified atom stereocenters. The summed E-state index contributed by atoms with van der Waals surface area (Å²) in [4.78, 5) is 28.3. The summed E-state index contributed by atoms with van der Waals surface area (Å²) in [6, 6.07) is 13.8. The smallest absolute Gasteiger partial charge is 0.251 e. The Morgan fingerprint density at radius 2 is 2.03 bits per heavy atom. The number of rotatable bonds is 6.